The van der Waals surface area contributed by atoms with Crippen molar-refractivity contribution in [3.63, 3.8) is 0 Å². The average Bonchev–Trinajstić information content (AvgIpc) is 2.67. The van der Waals surface area contributed by atoms with Crippen LogP contribution in [0.25, 0.3) is 0 Å². The molecule has 0 bridgehead atoms. The van der Waals surface area contributed by atoms with Crippen LogP contribution in [0.2, 0.25) is 0 Å². The van der Waals surface area contributed by atoms with Gasteiger partial charge in [-0.1, -0.05) is 36.4 Å². The normalized spacial score (nSPS) is 17.2. The number of piperidine rings is 1. The van der Waals surface area contributed by atoms with Gasteiger partial charge >= 0.3 is 6.09 Å². The SMILES string of the molecule is CC(C)Oc1ncccc1[C@@H]1CCCCN1C(=O)OCc1ccccc1. The monoisotopic (exact) mass is 354 g/mol. The Morgan fingerprint density at radius 3 is 2.77 bits per heavy atom. The van der Waals surface area contributed by atoms with Crippen molar-refractivity contribution in [2.45, 2.75) is 51.9 Å². The summed E-state index contributed by atoms with van der Waals surface area (Å²) in [7, 11) is 0. The molecule has 0 N–H and O–H groups in total. The second-order valence-electron chi connectivity index (χ2n) is 6.81. The van der Waals surface area contributed by atoms with Gasteiger partial charge in [0, 0.05) is 18.3 Å². The predicted octanol–water partition coefficient (Wildman–Crippen LogP) is 4.73. The van der Waals surface area contributed by atoms with Gasteiger partial charge in [0.2, 0.25) is 5.88 Å². The lowest BCUT2D eigenvalue weighted by Crippen LogP contribution is -2.39. The number of carbonyl (C=O) groups excluding carboxylic acids is 1. The molecule has 1 aromatic carbocycles. The molecule has 0 unspecified atom stereocenters. The first-order chi connectivity index (χ1) is 12.6. The number of hydrogen-bond donors (Lipinski definition) is 0. The lowest BCUT2D eigenvalue weighted by molar-refractivity contribution is 0.0666. The first-order valence-electron chi connectivity index (χ1n) is 9.24. The first-order valence-corrected chi connectivity index (χ1v) is 9.24. The minimum absolute atomic E-state index is 0.0331. The van der Waals surface area contributed by atoms with E-state index < -0.39 is 0 Å². The van der Waals surface area contributed by atoms with E-state index in [9.17, 15) is 4.79 Å². The van der Waals surface area contributed by atoms with Gasteiger partial charge in [-0.15, -0.1) is 0 Å². The van der Waals surface area contributed by atoms with Gasteiger partial charge in [-0.2, -0.15) is 0 Å². The second-order valence-corrected chi connectivity index (χ2v) is 6.81. The van der Waals surface area contributed by atoms with Crippen LogP contribution < -0.4 is 4.74 Å². The van der Waals surface area contributed by atoms with Crippen LogP contribution in [-0.2, 0) is 11.3 Å². The van der Waals surface area contributed by atoms with Crippen molar-refractivity contribution in [1.82, 2.24) is 9.88 Å². The lowest BCUT2D eigenvalue weighted by Gasteiger charge is -2.35. The summed E-state index contributed by atoms with van der Waals surface area (Å²) < 4.78 is 11.4. The number of carbonyl (C=O) groups is 1. The largest absolute Gasteiger partial charge is 0.475 e. The number of ether oxygens (including phenoxy) is 2. The molecule has 2 aromatic rings. The summed E-state index contributed by atoms with van der Waals surface area (Å²) >= 11 is 0. The fourth-order valence-corrected chi connectivity index (χ4v) is 3.25. The lowest BCUT2D eigenvalue weighted by atomic mass is 9.96. The van der Waals surface area contributed by atoms with Crippen LogP contribution in [0, 0.1) is 0 Å². The van der Waals surface area contributed by atoms with Gasteiger partial charge in [0.25, 0.3) is 0 Å². The Bertz CT molecular complexity index is 718. The van der Waals surface area contributed by atoms with E-state index >= 15 is 0 Å². The summed E-state index contributed by atoms with van der Waals surface area (Å²) in [4.78, 5) is 18.9. The maximum Gasteiger partial charge on any atom is 0.410 e. The van der Waals surface area contributed by atoms with Crippen molar-refractivity contribution in [2.75, 3.05) is 6.54 Å². The summed E-state index contributed by atoms with van der Waals surface area (Å²) in [5.74, 6) is 0.607. The highest BCUT2D eigenvalue weighted by atomic mass is 16.6. The molecule has 5 nitrogen and oxygen atoms in total. The summed E-state index contributed by atoms with van der Waals surface area (Å²) in [6.45, 7) is 4.93. The van der Waals surface area contributed by atoms with Crippen molar-refractivity contribution in [2.24, 2.45) is 0 Å². The molecule has 1 aliphatic heterocycles. The average molecular weight is 354 g/mol. The predicted molar refractivity (Wildman–Crippen MR) is 99.9 cm³/mol. The zero-order chi connectivity index (χ0) is 18.4. The molecule has 0 saturated carbocycles. The van der Waals surface area contributed by atoms with Gasteiger partial charge in [-0.05, 0) is 44.7 Å². The Kier molecular flexibility index (Phi) is 6.10. The Hall–Kier alpha value is -2.56. The fourth-order valence-electron chi connectivity index (χ4n) is 3.25. The minimum atomic E-state index is -0.280. The first kappa shape index (κ1) is 18.2. The zero-order valence-electron chi connectivity index (χ0n) is 15.4. The highest BCUT2D eigenvalue weighted by Gasteiger charge is 2.31. The molecule has 138 valence electrons. The standard InChI is InChI=1S/C21H26N2O3/c1-16(2)26-20-18(11-8-13-22-20)19-12-6-7-14-23(19)21(24)25-15-17-9-4-3-5-10-17/h3-5,8-11,13,16,19H,6-7,12,14-15H2,1-2H3/t19-/m0/s1. The van der Waals surface area contributed by atoms with E-state index in [-0.39, 0.29) is 24.8 Å². The van der Waals surface area contributed by atoms with E-state index in [2.05, 4.69) is 4.98 Å². The van der Waals surface area contributed by atoms with Gasteiger partial charge in [0.15, 0.2) is 0 Å². The number of amides is 1. The number of pyridine rings is 1. The van der Waals surface area contributed by atoms with Gasteiger partial charge in [-0.3, -0.25) is 0 Å². The quantitative estimate of drug-likeness (QED) is 0.779. The van der Waals surface area contributed by atoms with Crippen LogP contribution in [0.15, 0.2) is 48.7 Å². The molecule has 0 radical (unpaired) electrons. The molecule has 1 atom stereocenters. The summed E-state index contributed by atoms with van der Waals surface area (Å²) in [6.07, 6.45) is 4.42. The number of aromatic nitrogens is 1. The van der Waals surface area contributed by atoms with Crippen LogP contribution >= 0.6 is 0 Å². The molecule has 1 aliphatic rings. The van der Waals surface area contributed by atoms with Crippen LogP contribution in [0.4, 0.5) is 4.79 Å². The maximum absolute atomic E-state index is 12.7. The van der Waals surface area contributed by atoms with Crippen molar-refractivity contribution < 1.29 is 14.3 Å². The molecule has 3 rings (SSSR count). The van der Waals surface area contributed by atoms with E-state index in [1.165, 1.54) is 0 Å². The summed E-state index contributed by atoms with van der Waals surface area (Å²) in [5, 5.41) is 0. The topological polar surface area (TPSA) is 51.7 Å². The number of hydrogen-bond acceptors (Lipinski definition) is 4. The molecule has 5 heteroatoms. The van der Waals surface area contributed by atoms with Crippen molar-refractivity contribution in [3.8, 4) is 5.88 Å². The molecular weight excluding hydrogens is 328 g/mol. The minimum Gasteiger partial charge on any atom is -0.475 e. The molecule has 0 spiro atoms. The van der Waals surface area contributed by atoms with E-state index in [1.807, 2.05) is 61.2 Å². The van der Waals surface area contributed by atoms with Crippen molar-refractivity contribution in [3.05, 3.63) is 59.8 Å². The Morgan fingerprint density at radius 2 is 2.00 bits per heavy atom. The molecule has 2 heterocycles. The van der Waals surface area contributed by atoms with Crippen molar-refractivity contribution >= 4 is 6.09 Å². The van der Waals surface area contributed by atoms with Crippen LogP contribution in [0.1, 0.15) is 50.3 Å². The highest BCUT2D eigenvalue weighted by molar-refractivity contribution is 5.68. The van der Waals surface area contributed by atoms with Gasteiger partial charge < -0.3 is 14.4 Å². The van der Waals surface area contributed by atoms with Crippen molar-refractivity contribution in [1.29, 1.82) is 0 Å². The number of nitrogens with zero attached hydrogens (tertiary/aromatic N) is 2. The number of rotatable bonds is 5. The third kappa shape index (κ3) is 4.54. The molecular formula is C21H26N2O3. The number of likely N-dealkylation sites (tertiary alicyclic amines) is 1. The molecule has 1 amide bonds. The fraction of sp³-hybridized carbons (Fsp3) is 0.429. The Balaban J connectivity index is 1.74. The Labute approximate surface area is 155 Å². The highest BCUT2D eigenvalue weighted by Crippen LogP contribution is 2.35. The smallest absolute Gasteiger partial charge is 0.410 e. The molecule has 1 fully saturated rings. The van der Waals surface area contributed by atoms with E-state index in [1.54, 1.807) is 6.20 Å². The maximum atomic E-state index is 12.7. The Morgan fingerprint density at radius 1 is 1.19 bits per heavy atom. The number of benzene rings is 1. The second kappa shape index (κ2) is 8.70. The van der Waals surface area contributed by atoms with E-state index in [4.69, 9.17) is 9.47 Å². The van der Waals surface area contributed by atoms with Gasteiger partial charge in [0.05, 0.1) is 12.1 Å². The van der Waals surface area contributed by atoms with Crippen LogP contribution in [0.5, 0.6) is 5.88 Å². The van der Waals surface area contributed by atoms with E-state index in [0.717, 1.165) is 30.4 Å². The molecule has 1 saturated heterocycles. The van der Waals surface area contributed by atoms with Crippen LogP contribution in [-0.4, -0.2) is 28.6 Å². The van der Waals surface area contributed by atoms with E-state index in [0.29, 0.717) is 12.4 Å². The summed E-state index contributed by atoms with van der Waals surface area (Å²) in [6, 6.07) is 13.6. The van der Waals surface area contributed by atoms with Crippen LogP contribution in [0.3, 0.4) is 0 Å². The molecule has 0 aliphatic carbocycles. The van der Waals surface area contributed by atoms with Gasteiger partial charge in [-0.25, -0.2) is 9.78 Å². The third-order valence-corrected chi connectivity index (χ3v) is 4.45. The third-order valence-electron chi connectivity index (χ3n) is 4.45. The molecule has 1 aromatic heterocycles. The summed E-state index contributed by atoms with van der Waals surface area (Å²) in [5.41, 5.74) is 1.94. The zero-order valence-corrected chi connectivity index (χ0v) is 15.4. The molecule has 26 heavy (non-hydrogen) atoms. The van der Waals surface area contributed by atoms with Gasteiger partial charge in [0.1, 0.15) is 6.61 Å².